The Morgan fingerprint density at radius 1 is 1.15 bits per heavy atom. The van der Waals surface area contributed by atoms with Crippen molar-refractivity contribution in [3.8, 4) is 0 Å². The molecule has 0 aliphatic heterocycles. The highest BCUT2D eigenvalue weighted by molar-refractivity contribution is 6.32. The molecular weight excluding hydrogens is 360 g/mol. The van der Waals surface area contributed by atoms with Crippen LogP contribution in [0.2, 0.25) is 5.02 Å². The van der Waals surface area contributed by atoms with Crippen LogP contribution < -0.4 is 15.8 Å². The molecule has 0 aliphatic carbocycles. The summed E-state index contributed by atoms with van der Waals surface area (Å²) < 4.78 is 1.37. The minimum atomic E-state index is -0.301. The summed E-state index contributed by atoms with van der Waals surface area (Å²) >= 11 is 6.29. The second kappa shape index (κ2) is 8.27. The van der Waals surface area contributed by atoms with E-state index in [9.17, 15) is 4.79 Å². The Morgan fingerprint density at radius 3 is 2.56 bits per heavy atom. The zero-order valence-corrected chi connectivity index (χ0v) is 16.5. The molecule has 0 unspecified atom stereocenters. The van der Waals surface area contributed by atoms with Gasteiger partial charge in [-0.25, -0.2) is 4.68 Å². The molecule has 0 amide bonds. The van der Waals surface area contributed by atoms with Gasteiger partial charge < -0.3 is 10.2 Å². The van der Waals surface area contributed by atoms with Gasteiger partial charge in [-0.1, -0.05) is 48.0 Å². The van der Waals surface area contributed by atoms with Crippen LogP contribution in [0.1, 0.15) is 16.7 Å². The number of hydrogen-bond donors (Lipinski definition) is 1. The third-order valence-corrected chi connectivity index (χ3v) is 4.84. The highest BCUT2D eigenvalue weighted by Gasteiger charge is 2.10. The molecule has 0 fully saturated rings. The molecule has 140 valence electrons. The van der Waals surface area contributed by atoms with E-state index >= 15 is 0 Å². The lowest BCUT2D eigenvalue weighted by atomic mass is 10.1. The average Bonchev–Trinajstić information content (AvgIpc) is 2.66. The predicted molar refractivity (Wildman–Crippen MR) is 112 cm³/mol. The number of anilines is 2. The highest BCUT2D eigenvalue weighted by Crippen LogP contribution is 2.20. The molecule has 0 atom stereocenters. The van der Waals surface area contributed by atoms with E-state index in [-0.39, 0.29) is 10.6 Å². The Labute approximate surface area is 164 Å². The number of nitrogens with one attached hydrogen (secondary N) is 1. The molecule has 0 aliphatic rings. The quantitative estimate of drug-likeness (QED) is 0.701. The van der Waals surface area contributed by atoms with Gasteiger partial charge in [0.05, 0.1) is 18.4 Å². The lowest BCUT2D eigenvalue weighted by Crippen LogP contribution is -2.24. The fourth-order valence-electron chi connectivity index (χ4n) is 2.80. The van der Waals surface area contributed by atoms with Gasteiger partial charge in [-0.3, -0.25) is 4.79 Å². The molecule has 1 aromatic heterocycles. The zero-order chi connectivity index (χ0) is 19.4. The topological polar surface area (TPSA) is 50.2 Å². The summed E-state index contributed by atoms with van der Waals surface area (Å²) in [6.07, 6.45) is 1.61. The van der Waals surface area contributed by atoms with Crippen molar-refractivity contribution in [1.29, 1.82) is 0 Å². The van der Waals surface area contributed by atoms with Gasteiger partial charge in [0.15, 0.2) is 0 Å². The van der Waals surface area contributed by atoms with Crippen LogP contribution in [0, 0.1) is 6.92 Å². The van der Waals surface area contributed by atoms with Gasteiger partial charge >= 0.3 is 0 Å². The average molecular weight is 383 g/mol. The van der Waals surface area contributed by atoms with Crippen LogP contribution in [0.5, 0.6) is 0 Å². The molecular formula is C21H23ClN4O. The van der Waals surface area contributed by atoms with Crippen molar-refractivity contribution in [2.24, 2.45) is 0 Å². The van der Waals surface area contributed by atoms with E-state index in [0.29, 0.717) is 18.8 Å². The minimum absolute atomic E-state index is 0.156. The first-order valence-electron chi connectivity index (χ1n) is 8.76. The van der Waals surface area contributed by atoms with Crippen LogP contribution in [0.3, 0.4) is 0 Å². The maximum atomic E-state index is 12.5. The van der Waals surface area contributed by atoms with Gasteiger partial charge in [0.25, 0.3) is 5.56 Å². The number of benzene rings is 2. The van der Waals surface area contributed by atoms with Gasteiger partial charge in [0.1, 0.15) is 5.02 Å². The maximum Gasteiger partial charge on any atom is 0.287 e. The minimum Gasteiger partial charge on any atom is -0.378 e. The standard InChI is InChI=1S/C21H23ClN4O/c1-15-11-18(25(2)3)10-9-17(15)12-23-19-13-24-26(21(27)20(19)22)14-16-7-5-4-6-8-16/h4-11,13,23H,12,14H2,1-3H3. The zero-order valence-electron chi connectivity index (χ0n) is 15.7. The van der Waals surface area contributed by atoms with Gasteiger partial charge in [-0.15, -0.1) is 0 Å². The van der Waals surface area contributed by atoms with Crippen LogP contribution in [0.15, 0.2) is 59.5 Å². The third kappa shape index (κ3) is 4.49. The maximum absolute atomic E-state index is 12.5. The van der Waals surface area contributed by atoms with Gasteiger partial charge in [0, 0.05) is 26.3 Å². The predicted octanol–water partition coefficient (Wildman–Crippen LogP) is 3.93. The van der Waals surface area contributed by atoms with Gasteiger partial charge in [-0.05, 0) is 35.7 Å². The Balaban J connectivity index is 1.75. The number of halogens is 1. The number of rotatable bonds is 6. The van der Waals surface area contributed by atoms with Crippen molar-refractivity contribution in [3.63, 3.8) is 0 Å². The summed E-state index contributed by atoms with van der Waals surface area (Å²) in [4.78, 5) is 14.6. The van der Waals surface area contributed by atoms with E-state index in [2.05, 4.69) is 40.4 Å². The molecule has 2 aromatic carbocycles. The molecule has 3 rings (SSSR count). The Morgan fingerprint density at radius 2 is 1.89 bits per heavy atom. The molecule has 5 nitrogen and oxygen atoms in total. The molecule has 0 saturated carbocycles. The van der Waals surface area contributed by atoms with Crippen LogP contribution in [0.4, 0.5) is 11.4 Å². The molecule has 0 bridgehead atoms. The molecule has 27 heavy (non-hydrogen) atoms. The summed E-state index contributed by atoms with van der Waals surface area (Å²) in [6, 6.07) is 16.0. The van der Waals surface area contributed by atoms with E-state index in [0.717, 1.165) is 16.8 Å². The molecule has 0 spiro atoms. The summed E-state index contributed by atoms with van der Waals surface area (Å²) in [5, 5.41) is 7.64. The van der Waals surface area contributed by atoms with E-state index < -0.39 is 0 Å². The number of nitrogens with zero attached hydrogens (tertiary/aromatic N) is 3. The summed E-state index contributed by atoms with van der Waals surface area (Å²) in [6.45, 7) is 3.04. The van der Waals surface area contributed by atoms with E-state index in [1.165, 1.54) is 10.2 Å². The van der Waals surface area contributed by atoms with Crippen LogP contribution >= 0.6 is 11.6 Å². The molecule has 1 N–H and O–H groups in total. The normalized spacial score (nSPS) is 10.7. The first kappa shape index (κ1) is 19.0. The number of aromatic nitrogens is 2. The van der Waals surface area contributed by atoms with E-state index in [4.69, 9.17) is 11.6 Å². The second-order valence-corrected chi connectivity index (χ2v) is 7.06. The first-order valence-corrected chi connectivity index (χ1v) is 9.14. The van der Waals surface area contributed by atoms with E-state index in [1.54, 1.807) is 6.20 Å². The fourth-order valence-corrected chi connectivity index (χ4v) is 3.02. The van der Waals surface area contributed by atoms with Crippen LogP contribution in [-0.2, 0) is 13.1 Å². The molecule has 0 radical (unpaired) electrons. The van der Waals surface area contributed by atoms with Crippen molar-refractivity contribution in [2.45, 2.75) is 20.0 Å². The number of aryl methyl sites for hydroxylation is 1. The van der Waals surface area contributed by atoms with Crippen LogP contribution in [-0.4, -0.2) is 23.9 Å². The van der Waals surface area contributed by atoms with Crippen molar-refractivity contribution in [1.82, 2.24) is 9.78 Å². The second-order valence-electron chi connectivity index (χ2n) is 6.68. The lowest BCUT2D eigenvalue weighted by Gasteiger charge is -2.16. The lowest BCUT2D eigenvalue weighted by molar-refractivity contribution is 0.640. The summed E-state index contributed by atoms with van der Waals surface area (Å²) in [7, 11) is 4.03. The monoisotopic (exact) mass is 382 g/mol. The highest BCUT2D eigenvalue weighted by atomic mass is 35.5. The summed E-state index contributed by atoms with van der Waals surface area (Å²) in [5.74, 6) is 0. The molecule has 3 aromatic rings. The van der Waals surface area contributed by atoms with Crippen molar-refractivity contribution in [3.05, 3.63) is 86.8 Å². The third-order valence-electron chi connectivity index (χ3n) is 4.47. The Bertz CT molecular complexity index is 983. The first-order chi connectivity index (χ1) is 13.0. The smallest absolute Gasteiger partial charge is 0.287 e. The largest absolute Gasteiger partial charge is 0.378 e. The van der Waals surface area contributed by atoms with E-state index in [1.807, 2.05) is 44.4 Å². The van der Waals surface area contributed by atoms with Crippen molar-refractivity contribution >= 4 is 23.0 Å². The van der Waals surface area contributed by atoms with Crippen molar-refractivity contribution < 1.29 is 0 Å². The van der Waals surface area contributed by atoms with Gasteiger partial charge in [0.2, 0.25) is 0 Å². The fraction of sp³-hybridized carbons (Fsp3) is 0.238. The number of hydrogen-bond acceptors (Lipinski definition) is 4. The molecule has 0 saturated heterocycles. The Kier molecular flexibility index (Phi) is 5.81. The summed E-state index contributed by atoms with van der Waals surface area (Å²) in [5.41, 5.74) is 4.72. The molecule has 6 heteroatoms. The van der Waals surface area contributed by atoms with Gasteiger partial charge in [-0.2, -0.15) is 5.10 Å². The Hall–Kier alpha value is -2.79. The molecule has 1 heterocycles. The van der Waals surface area contributed by atoms with Crippen LogP contribution in [0.25, 0.3) is 0 Å². The SMILES string of the molecule is Cc1cc(N(C)C)ccc1CNc1cnn(Cc2ccccc2)c(=O)c1Cl. The van der Waals surface area contributed by atoms with Crippen molar-refractivity contribution in [2.75, 3.05) is 24.3 Å².